The van der Waals surface area contributed by atoms with Crippen LogP contribution in [0.1, 0.15) is 16.7 Å². The summed E-state index contributed by atoms with van der Waals surface area (Å²) in [4.78, 5) is 4.84. The average Bonchev–Trinajstić information content (AvgIpc) is 3.33. The van der Waals surface area contributed by atoms with Gasteiger partial charge >= 0.3 is 0 Å². The first-order valence-electron chi connectivity index (χ1n) is 10.2. The Balaban J connectivity index is 1.68. The van der Waals surface area contributed by atoms with E-state index in [4.69, 9.17) is 4.98 Å². The van der Waals surface area contributed by atoms with Gasteiger partial charge in [0.2, 0.25) is 5.16 Å². The number of rotatable bonds is 6. The second kappa shape index (κ2) is 8.62. The molecule has 1 heterocycles. The zero-order chi connectivity index (χ0) is 20.9. The van der Waals surface area contributed by atoms with E-state index in [1.54, 1.807) is 11.8 Å². The molecule has 5 rings (SSSR count). The first kappa shape index (κ1) is 19.3. The molecule has 0 fully saturated rings. The molecule has 0 atom stereocenters. The third kappa shape index (κ3) is 3.78. The molecule has 0 saturated carbocycles. The Labute approximate surface area is 186 Å². The van der Waals surface area contributed by atoms with E-state index in [-0.39, 0.29) is 0 Å². The van der Waals surface area contributed by atoms with Crippen LogP contribution in [0.15, 0.2) is 126 Å². The minimum Gasteiger partial charge on any atom is -0.258 e. The average molecular weight is 420 g/mol. The van der Waals surface area contributed by atoms with Crippen LogP contribution in [0.2, 0.25) is 0 Å². The Bertz CT molecular complexity index is 1140. The SMILES string of the molecule is c1ccc(-c2nc(SC(c3ccccc3)(c3ccccc3)c3ccccc3)n[nH]2)cc1. The maximum atomic E-state index is 4.84. The van der Waals surface area contributed by atoms with Crippen LogP contribution in [0.5, 0.6) is 0 Å². The number of benzene rings is 4. The molecule has 5 aromatic rings. The molecule has 0 radical (unpaired) electrons. The van der Waals surface area contributed by atoms with Crippen LogP contribution in [0.4, 0.5) is 0 Å². The van der Waals surface area contributed by atoms with Gasteiger partial charge in [-0.1, -0.05) is 133 Å². The van der Waals surface area contributed by atoms with E-state index in [9.17, 15) is 0 Å². The number of thioether (sulfide) groups is 1. The fourth-order valence-electron chi connectivity index (χ4n) is 3.85. The van der Waals surface area contributed by atoms with Gasteiger partial charge in [-0.15, -0.1) is 5.10 Å². The van der Waals surface area contributed by atoms with Crippen molar-refractivity contribution in [1.82, 2.24) is 15.2 Å². The van der Waals surface area contributed by atoms with Crippen molar-refractivity contribution in [1.29, 1.82) is 0 Å². The largest absolute Gasteiger partial charge is 0.258 e. The third-order valence-electron chi connectivity index (χ3n) is 5.30. The maximum Gasteiger partial charge on any atom is 0.210 e. The predicted molar refractivity (Wildman–Crippen MR) is 127 cm³/mol. The number of nitrogens with zero attached hydrogens (tertiary/aromatic N) is 2. The lowest BCUT2D eigenvalue weighted by Crippen LogP contribution is -2.25. The van der Waals surface area contributed by atoms with Crippen molar-refractivity contribution in [3.8, 4) is 11.4 Å². The quantitative estimate of drug-likeness (QED) is 0.250. The molecule has 3 nitrogen and oxygen atoms in total. The molecule has 31 heavy (non-hydrogen) atoms. The summed E-state index contributed by atoms with van der Waals surface area (Å²) in [6.07, 6.45) is 0. The van der Waals surface area contributed by atoms with Gasteiger partial charge in [0.25, 0.3) is 0 Å². The van der Waals surface area contributed by atoms with Gasteiger partial charge in [0.1, 0.15) is 0 Å². The molecule has 1 aromatic heterocycles. The summed E-state index contributed by atoms with van der Waals surface area (Å²) in [6.45, 7) is 0. The van der Waals surface area contributed by atoms with Gasteiger partial charge in [0.05, 0.1) is 4.75 Å². The highest BCUT2D eigenvalue weighted by Crippen LogP contribution is 2.50. The van der Waals surface area contributed by atoms with Crippen LogP contribution >= 0.6 is 11.8 Å². The van der Waals surface area contributed by atoms with E-state index in [0.717, 1.165) is 11.4 Å². The summed E-state index contributed by atoms with van der Waals surface area (Å²) in [6, 6.07) is 41.8. The van der Waals surface area contributed by atoms with Crippen molar-refractivity contribution < 1.29 is 0 Å². The first-order valence-corrected chi connectivity index (χ1v) is 11.0. The molecular formula is C27H21N3S. The first-order chi connectivity index (χ1) is 15.4. The topological polar surface area (TPSA) is 41.6 Å². The molecule has 0 unspecified atom stereocenters. The van der Waals surface area contributed by atoms with Crippen LogP contribution in [-0.2, 0) is 4.75 Å². The van der Waals surface area contributed by atoms with E-state index < -0.39 is 4.75 Å². The van der Waals surface area contributed by atoms with Crippen molar-refractivity contribution in [2.75, 3.05) is 0 Å². The summed E-state index contributed by atoms with van der Waals surface area (Å²) in [5.74, 6) is 0.770. The van der Waals surface area contributed by atoms with Gasteiger partial charge < -0.3 is 0 Å². The maximum absolute atomic E-state index is 4.84. The van der Waals surface area contributed by atoms with Crippen molar-refractivity contribution in [2.24, 2.45) is 0 Å². The number of hydrogen-bond acceptors (Lipinski definition) is 3. The monoisotopic (exact) mass is 419 g/mol. The number of aromatic amines is 1. The van der Waals surface area contributed by atoms with Crippen molar-refractivity contribution in [3.05, 3.63) is 138 Å². The molecule has 0 saturated heterocycles. The Morgan fingerprint density at radius 2 is 0.968 bits per heavy atom. The molecule has 0 aliphatic heterocycles. The van der Waals surface area contributed by atoms with E-state index in [0.29, 0.717) is 5.16 Å². The summed E-state index contributed by atoms with van der Waals surface area (Å²) < 4.78 is -0.486. The smallest absolute Gasteiger partial charge is 0.210 e. The zero-order valence-corrected chi connectivity index (χ0v) is 17.7. The number of H-pyrrole nitrogens is 1. The zero-order valence-electron chi connectivity index (χ0n) is 16.8. The molecule has 0 aliphatic carbocycles. The summed E-state index contributed by atoms with van der Waals surface area (Å²) in [5.41, 5.74) is 4.57. The van der Waals surface area contributed by atoms with Crippen LogP contribution in [-0.4, -0.2) is 15.2 Å². The Hall–Kier alpha value is -3.63. The Morgan fingerprint density at radius 1 is 0.548 bits per heavy atom. The van der Waals surface area contributed by atoms with E-state index >= 15 is 0 Å². The third-order valence-corrected chi connectivity index (χ3v) is 6.68. The molecule has 1 N–H and O–H groups in total. The van der Waals surface area contributed by atoms with Gasteiger partial charge in [-0.3, -0.25) is 5.10 Å². The van der Waals surface area contributed by atoms with Crippen LogP contribution in [0, 0.1) is 0 Å². The normalized spacial score (nSPS) is 11.4. The van der Waals surface area contributed by atoms with Crippen molar-refractivity contribution in [3.63, 3.8) is 0 Å². The van der Waals surface area contributed by atoms with Gasteiger partial charge in [-0.2, -0.15) is 0 Å². The number of hydrogen-bond donors (Lipinski definition) is 1. The Kier molecular flexibility index (Phi) is 5.38. The van der Waals surface area contributed by atoms with Gasteiger partial charge in [-0.05, 0) is 16.7 Å². The van der Waals surface area contributed by atoms with Crippen molar-refractivity contribution >= 4 is 11.8 Å². The lowest BCUT2D eigenvalue weighted by molar-refractivity contribution is 0.873. The Morgan fingerprint density at radius 3 is 1.42 bits per heavy atom. The molecular weight excluding hydrogens is 398 g/mol. The predicted octanol–water partition coefficient (Wildman–Crippen LogP) is 6.56. The minimum absolute atomic E-state index is 0.486. The number of nitrogens with one attached hydrogen (secondary N) is 1. The van der Waals surface area contributed by atoms with Crippen molar-refractivity contribution in [2.45, 2.75) is 9.90 Å². The van der Waals surface area contributed by atoms with Gasteiger partial charge in [0.15, 0.2) is 5.82 Å². The fraction of sp³-hybridized carbons (Fsp3) is 0.0370. The van der Waals surface area contributed by atoms with E-state index in [1.165, 1.54) is 16.7 Å². The standard InChI is InChI=1S/C27H21N3S/c1-5-13-21(14-6-1)25-28-26(30-29-25)31-27(22-15-7-2-8-16-22,23-17-9-3-10-18-23)24-19-11-4-12-20-24/h1-20H,(H,28,29,30). The molecule has 4 heteroatoms. The molecule has 150 valence electrons. The molecule has 0 amide bonds. The lowest BCUT2D eigenvalue weighted by Gasteiger charge is -2.34. The van der Waals surface area contributed by atoms with Crippen LogP contribution in [0.3, 0.4) is 0 Å². The highest BCUT2D eigenvalue weighted by molar-refractivity contribution is 8.00. The van der Waals surface area contributed by atoms with Gasteiger partial charge in [0, 0.05) is 5.56 Å². The van der Waals surface area contributed by atoms with E-state index in [2.05, 4.69) is 101 Å². The fourth-order valence-corrected chi connectivity index (χ4v) is 5.11. The number of aromatic nitrogens is 3. The van der Waals surface area contributed by atoms with Gasteiger partial charge in [-0.25, -0.2) is 4.98 Å². The lowest BCUT2D eigenvalue weighted by atomic mass is 9.84. The second-order valence-electron chi connectivity index (χ2n) is 7.21. The minimum atomic E-state index is -0.486. The van der Waals surface area contributed by atoms with Crippen LogP contribution in [0.25, 0.3) is 11.4 Å². The highest BCUT2D eigenvalue weighted by atomic mass is 32.2. The van der Waals surface area contributed by atoms with Crippen LogP contribution < -0.4 is 0 Å². The second-order valence-corrected chi connectivity index (χ2v) is 8.40. The van der Waals surface area contributed by atoms with E-state index in [1.807, 2.05) is 30.3 Å². The summed E-state index contributed by atoms with van der Waals surface area (Å²) in [5, 5.41) is 8.40. The molecule has 0 bridgehead atoms. The summed E-state index contributed by atoms with van der Waals surface area (Å²) in [7, 11) is 0. The molecule has 0 aliphatic rings. The highest BCUT2D eigenvalue weighted by Gasteiger charge is 2.38. The molecule has 4 aromatic carbocycles. The summed E-state index contributed by atoms with van der Waals surface area (Å²) >= 11 is 1.66. The molecule has 0 spiro atoms.